The summed E-state index contributed by atoms with van der Waals surface area (Å²) in [6, 6.07) is 15.6. The highest BCUT2D eigenvalue weighted by molar-refractivity contribution is 7.92. The zero-order chi connectivity index (χ0) is 33.3. The number of hydrogen-bond donors (Lipinski definition) is 1. The summed E-state index contributed by atoms with van der Waals surface area (Å²) >= 11 is 0. The number of aryl methyl sites for hydroxylation is 1. The van der Waals surface area contributed by atoms with Gasteiger partial charge < -0.3 is 19.7 Å². The van der Waals surface area contributed by atoms with Gasteiger partial charge in [0.15, 0.2) is 0 Å². The minimum absolute atomic E-state index is 0.00499. The van der Waals surface area contributed by atoms with Crippen LogP contribution in [0.4, 0.5) is 11.4 Å². The van der Waals surface area contributed by atoms with Crippen LogP contribution in [0.15, 0.2) is 71.6 Å². The molecule has 3 rings (SSSR count). The van der Waals surface area contributed by atoms with Crippen molar-refractivity contribution in [3.8, 4) is 11.5 Å². The standard InChI is InChI=1S/C32H40N4O8S/c1-7-23(4)33-32(38)29(8-2)34(20-24-10-9-11-27(18-24)44-6)31(37)21-35(25-13-15-26(43-5)16-14-25)45(41,42)28-17-12-22(3)30(19-28)36(39)40/h9-19,23,29H,7-8,20-21H2,1-6H3,(H,33,38). The Balaban J connectivity index is 2.13. The first kappa shape index (κ1) is 34.8. The van der Waals surface area contributed by atoms with E-state index in [0.717, 1.165) is 10.4 Å². The Morgan fingerprint density at radius 1 is 0.956 bits per heavy atom. The first-order valence-corrected chi connectivity index (χ1v) is 15.9. The summed E-state index contributed by atoms with van der Waals surface area (Å²) in [5, 5.41) is 14.6. The van der Waals surface area contributed by atoms with Crippen molar-refractivity contribution in [2.24, 2.45) is 0 Å². The Kier molecular flexibility index (Phi) is 11.9. The first-order valence-electron chi connectivity index (χ1n) is 14.5. The van der Waals surface area contributed by atoms with Crippen LogP contribution in [0.5, 0.6) is 11.5 Å². The van der Waals surface area contributed by atoms with Crippen molar-refractivity contribution in [1.29, 1.82) is 0 Å². The maximum atomic E-state index is 14.3. The van der Waals surface area contributed by atoms with E-state index in [-0.39, 0.29) is 46.7 Å². The normalized spacial score (nSPS) is 12.5. The topological polar surface area (TPSA) is 148 Å². The molecule has 0 fully saturated rings. The molecule has 3 aromatic rings. The quantitative estimate of drug-likeness (QED) is 0.183. The van der Waals surface area contributed by atoms with Crippen LogP contribution in [0.1, 0.15) is 44.7 Å². The Hall–Kier alpha value is -4.65. The molecule has 0 spiro atoms. The maximum absolute atomic E-state index is 14.3. The number of nitrogens with zero attached hydrogens (tertiary/aromatic N) is 3. The van der Waals surface area contributed by atoms with Gasteiger partial charge in [0.1, 0.15) is 24.1 Å². The van der Waals surface area contributed by atoms with E-state index in [2.05, 4.69) is 5.32 Å². The van der Waals surface area contributed by atoms with E-state index >= 15 is 0 Å². The molecular formula is C32H40N4O8S. The number of anilines is 1. The molecule has 0 aliphatic rings. The minimum Gasteiger partial charge on any atom is -0.497 e. The van der Waals surface area contributed by atoms with Crippen LogP contribution in [0, 0.1) is 17.0 Å². The number of sulfonamides is 1. The van der Waals surface area contributed by atoms with Crippen LogP contribution in [-0.4, -0.2) is 62.9 Å². The molecule has 2 unspecified atom stereocenters. The molecule has 2 amide bonds. The van der Waals surface area contributed by atoms with E-state index < -0.39 is 33.4 Å². The van der Waals surface area contributed by atoms with E-state index in [1.165, 1.54) is 50.3 Å². The third-order valence-electron chi connectivity index (χ3n) is 7.48. The van der Waals surface area contributed by atoms with E-state index in [0.29, 0.717) is 23.5 Å². The molecule has 0 saturated carbocycles. The number of carbonyl (C=O) groups excluding carboxylic acids is 2. The van der Waals surface area contributed by atoms with Crippen molar-refractivity contribution in [3.63, 3.8) is 0 Å². The average Bonchev–Trinajstić information content (AvgIpc) is 3.03. The van der Waals surface area contributed by atoms with Crippen molar-refractivity contribution in [1.82, 2.24) is 10.2 Å². The van der Waals surface area contributed by atoms with Gasteiger partial charge in [-0.2, -0.15) is 0 Å². The molecule has 242 valence electrons. The summed E-state index contributed by atoms with van der Waals surface area (Å²) in [5.74, 6) is 0.00213. The summed E-state index contributed by atoms with van der Waals surface area (Å²) in [6.45, 7) is 6.37. The van der Waals surface area contributed by atoms with E-state index in [1.54, 1.807) is 43.3 Å². The second-order valence-electron chi connectivity index (χ2n) is 10.5. The van der Waals surface area contributed by atoms with Crippen LogP contribution in [-0.2, 0) is 26.2 Å². The van der Waals surface area contributed by atoms with Gasteiger partial charge in [-0.05, 0) is 74.7 Å². The number of amides is 2. The van der Waals surface area contributed by atoms with Gasteiger partial charge in [0.25, 0.3) is 15.7 Å². The summed E-state index contributed by atoms with van der Waals surface area (Å²) in [7, 11) is -1.53. The van der Waals surface area contributed by atoms with Gasteiger partial charge in [-0.15, -0.1) is 0 Å². The molecule has 45 heavy (non-hydrogen) atoms. The van der Waals surface area contributed by atoms with Crippen molar-refractivity contribution in [2.45, 2.75) is 64.1 Å². The van der Waals surface area contributed by atoms with Gasteiger partial charge in [0.05, 0.1) is 29.7 Å². The lowest BCUT2D eigenvalue weighted by atomic mass is 10.1. The second kappa shape index (κ2) is 15.4. The second-order valence-corrected chi connectivity index (χ2v) is 12.4. The predicted molar refractivity (Wildman–Crippen MR) is 171 cm³/mol. The third kappa shape index (κ3) is 8.50. The van der Waals surface area contributed by atoms with Crippen molar-refractivity contribution in [3.05, 3.63) is 88.0 Å². The Labute approximate surface area is 264 Å². The molecule has 12 nitrogen and oxygen atoms in total. The molecule has 0 heterocycles. The number of rotatable bonds is 15. The van der Waals surface area contributed by atoms with Gasteiger partial charge in [-0.25, -0.2) is 8.42 Å². The molecule has 0 radical (unpaired) electrons. The minimum atomic E-state index is -4.51. The summed E-state index contributed by atoms with van der Waals surface area (Å²) in [6.07, 6.45) is 0.940. The SMILES string of the molecule is CCC(C)NC(=O)C(CC)N(Cc1cccc(OC)c1)C(=O)CN(c1ccc(OC)cc1)S(=O)(=O)c1ccc(C)c([N+](=O)[O-])c1. The number of methoxy groups -OCH3 is 2. The first-order chi connectivity index (χ1) is 21.4. The lowest BCUT2D eigenvalue weighted by Gasteiger charge is -2.33. The fraction of sp³-hybridized carbons (Fsp3) is 0.375. The van der Waals surface area contributed by atoms with Crippen LogP contribution in [0.2, 0.25) is 0 Å². The highest BCUT2D eigenvalue weighted by Gasteiger charge is 2.34. The van der Waals surface area contributed by atoms with Gasteiger partial charge in [-0.3, -0.25) is 24.0 Å². The monoisotopic (exact) mass is 640 g/mol. The molecule has 0 aliphatic carbocycles. The largest absolute Gasteiger partial charge is 0.497 e. The molecule has 0 saturated heterocycles. The van der Waals surface area contributed by atoms with Crippen LogP contribution >= 0.6 is 0 Å². The highest BCUT2D eigenvalue weighted by Crippen LogP contribution is 2.30. The van der Waals surface area contributed by atoms with Gasteiger partial charge in [0.2, 0.25) is 11.8 Å². The fourth-order valence-corrected chi connectivity index (χ4v) is 6.11. The average molecular weight is 641 g/mol. The van der Waals surface area contributed by atoms with E-state index in [4.69, 9.17) is 9.47 Å². The highest BCUT2D eigenvalue weighted by atomic mass is 32.2. The van der Waals surface area contributed by atoms with Gasteiger partial charge in [0, 0.05) is 24.2 Å². The molecular weight excluding hydrogens is 600 g/mol. The zero-order valence-electron chi connectivity index (χ0n) is 26.3. The number of nitrogens with one attached hydrogen (secondary N) is 1. The molecule has 2 atom stereocenters. The molecule has 0 aliphatic heterocycles. The Morgan fingerprint density at radius 2 is 1.62 bits per heavy atom. The molecule has 0 aromatic heterocycles. The number of nitro groups is 1. The van der Waals surface area contributed by atoms with E-state index in [1.807, 2.05) is 13.8 Å². The summed E-state index contributed by atoms with van der Waals surface area (Å²) in [4.78, 5) is 39.7. The summed E-state index contributed by atoms with van der Waals surface area (Å²) < 4.78 is 39.7. The van der Waals surface area contributed by atoms with Crippen molar-refractivity contribution < 1.29 is 32.4 Å². The van der Waals surface area contributed by atoms with Crippen LogP contribution in [0.25, 0.3) is 0 Å². The number of hydrogen-bond acceptors (Lipinski definition) is 8. The van der Waals surface area contributed by atoms with Crippen molar-refractivity contribution >= 4 is 33.2 Å². The van der Waals surface area contributed by atoms with E-state index in [9.17, 15) is 28.1 Å². The van der Waals surface area contributed by atoms with Crippen LogP contribution in [0.3, 0.4) is 0 Å². The Morgan fingerprint density at radius 3 is 2.20 bits per heavy atom. The third-order valence-corrected chi connectivity index (χ3v) is 9.25. The molecule has 3 aromatic carbocycles. The fourth-order valence-electron chi connectivity index (χ4n) is 4.68. The lowest BCUT2D eigenvalue weighted by Crippen LogP contribution is -2.53. The van der Waals surface area contributed by atoms with Gasteiger partial charge in [-0.1, -0.05) is 32.0 Å². The number of carbonyl (C=O) groups is 2. The number of nitro benzene ring substituents is 1. The zero-order valence-corrected chi connectivity index (χ0v) is 27.2. The molecule has 1 N–H and O–H groups in total. The molecule has 13 heteroatoms. The number of ether oxygens (including phenoxy) is 2. The van der Waals surface area contributed by atoms with Crippen LogP contribution < -0.4 is 19.1 Å². The lowest BCUT2D eigenvalue weighted by molar-refractivity contribution is -0.385. The van der Waals surface area contributed by atoms with Gasteiger partial charge >= 0.3 is 0 Å². The Bertz CT molecular complexity index is 1610. The predicted octanol–water partition coefficient (Wildman–Crippen LogP) is 4.84. The molecule has 0 bridgehead atoms. The smallest absolute Gasteiger partial charge is 0.273 e. The van der Waals surface area contributed by atoms with Crippen molar-refractivity contribution in [2.75, 3.05) is 25.1 Å². The summed E-state index contributed by atoms with van der Waals surface area (Å²) in [5.41, 5.74) is 0.717. The maximum Gasteiger partial charge on any atom is 0.273 e. The number of benzene rings is 3.